The minimum Gasteiger partial charge on any atom is -0.493 e. The number of aliphatic imine (C=N–C) groups is 1. The van der Waals surface area contributed by atoms with Crippen LogP contribution in [-0.2, 0) is 6.54 Å². The molecule has 0 unspecified atom stereocenters. The molecule has 2 rings (SSSR count). The van der Waals surface area contributed by atoms with Crippen molar-refractivity contribution in [3.8, 4) is 11.5 Å². The van der Waals surface area contributed by atoms with E-state index in [4.69, 9.17) is 9.47 Å². The van der Waals surface area contributed by atoms with Gasteiger partial charge in [-0.25, -0.2) is 0 Å². The van der Waals surface area contributed by atoms with E-state index < -0.39 is 0 Å². The van der Waals surface area contributed by atoms with Crippen LogP contribution in [0.3, 0.4) is 0 Å². The summed E-state index contributed by atoms with van der Waals surface area (Å²) in [5.74, 6) is 2.41. The number of benzene rings is 1. The van der Waals surface area contributed by atoms with Gasteiger partial charge in [-0.05, 0) is 50.8 Å². The van der Waals surface area contributed by atoms with Gasteiger partial charge in [-0.3, -0.25) is 4.99 Å². The van der Waals surface area contributed by atoms with E-state index >= 15 is 0 Å². The molecule has 1 heterocycles. The number of guanidine groups is 1. The standard InChI is InChI=1S/C21H36N4O2.HI/c1-6-13-27-19-8-7-17(14-20(19)26-5)15-23-21(22-4)24-18-9-11-25(12-10-18)16(2)3;/h7-8,14,16,18H,6,9-13,15H2,1-5H3,(H2,22,23,24);1H. The number of hydrogen-bond acceptors (Lipinski definition) is 4. The minimum absolute atomic E-state index is 0. The molecule has 0 amide bonds. The maximum absolute atomic E-state index is 5.72. The minimum atomic E-state index is 0. The summed E-state index contributed by atoms with van der Waals surface area (Å²) in [5, 5.41) is 6.97. The van der Waals surface area contributed by atoms with Crippen LogP contribution in [0.4, 0.5) is 0 Å². The van der Waals surface area contributed by atoms with Crippen LogP contribution in [0, 0.1) is 0 Å². The Hall–Kier alpha value is -1.22. The van der Waals surface area contributed by atoms with Gasteiger partial charge in [0.25, 0.3) is 0 Å². The number of methoxy groups -OCH3 is 1. The first-order valence-electron chi connectivity index (χ1n) is 10.1. The van der Waals surface area contributed by atoms with E-state index in [1.807, 2.05) is 19.2 Å². The van der Waals surface area contributed by atoms with E-state index in [1.165, 1.54) is 0 Å². The lowest BCUT2D eigenvalue weighted by Gasteiger charge is -2.35. The van der Waals surface area contributed by atoms with Crippen molar-refractivity contribution >= 4 is 29.9 Å². The molecule has 1 aliphatic rings. The molecule has 0 spiro atoms. The van der Waals surface area contributed by atoms with Gasteiger partial charge >= 0.3 is 0 Å². The van der Waals surface area contributed by atoms with E-state index in [9.17, 15) is 0 Å². The van der Waals surface area contributed by atoms with Crippen molar-refractivity contribution < 1.29 is 9.47 Å². The quantitative estimate of drug-likeness (QED) is 0.322. The number of piperidine rings is 1. The van der Waals surface area contributed by atoms with E-state index in [2.05, 4.69) is 47.4 Å². The van der Waals surface area contributed by atoms with Crippen LogP contribution in [0.1, 0.15) is 45.6 Å². The number of nitrogens with one attached hydrogen (secondary N) is 2. The van der Waals surface area contributed by atoms with Gasteiger partial charge in [0, 0.05) is 38.8 Å². The molecule has 1 saturated heterocycles. The van der Waals surface area contributed by atoms with Crippen LogP contribution in [-0.4, -0.2) is 56.8 Å². The molecule has 0 aromatic heterocycles. The van der Waals surface area contributed by atoms with Gasteiger partial charge < -0.3 is 25.0 Å². The number of rotatable bonds is 8. The molecule has 6 nitrogen and oxygen atoms in total. The lowest BCUT2D eigenvalue weighted by atomic mass is 10.0. The fraction of sp³-hybridized carbons (Fsp3) is 0.667. The molecule has 0 bridgehead atoms. The molecule has 0 aliphatic carbocycles. The SMILES string of the molecule is CCCOc1ccc(CNC(=NC)NC2CCN(C(C)C)CC2)cc1OC.I. The summed E-state index contributed by atoms with van der Waals surface area (Å²) in [6.45, 7) is 10.3. The Kier molecular flexibility index (Phi) is 11.6. The Bertz CT molecular complexity index is 602. The summed E-state index contributed by atoms with van der Waals surface area (Å²) in [4.78, 5) is 6.91. The van der Waals surface area contributed by atoms with Gasteiger partial charge in [0.1, 0.15) is 0 Å². The monoisotopic (exact) mass is 504 g/mol. The Morgan fingerprint density at radius 1 is 1.25 bits per heavy atom. The highest BCUT2D eigenvalue weighted by Crippen LogP contribution is 2.28. The first-order valence-corrected chi connectivity index (χ1v) is 10.1. The van der Waals surface area contributed by atoms with Crippen LogP contribution in [0.2, 0.25) is 0 Å². The van der Waals surface area contributed by atoms with Crippen LogP contribution in [0.25, 0.3) is 0 Å². The largest absolute Gasteiger partial charge is 0.493 e. The maximum Gasteiger partial charge on any atom is 0.191 e. The molecular weight excluding hydrogens is 467 g/mol. The highest BCUT2D eigenvalue weighted by molar-refractivity contribution is 14.0. The van der Waals surface area contributed by atoms with Crippen molar-refractivity contribution in [1.82, 2.24) is 15.5 Å². The van der Waals surface area contributed by atoms with Gasteiger partial charge in [-0.2, -0.15) is 0 Å². The zero-order valence-electron chi connectivity index (χ0n) is 18.0. The van der Waals surface area contributed by atoms with Gasteiger partial charge in [-0.1, -0.05) is 13.0 Å². The summed E-state index contributed by atoms with van der Waals surface area (Å²) >= 11 is 0. The Balaban J connectivity index is 0.00000392. The Morgan fingerprint density at radius 3 is 2.54 bits per heavy atom. The third-order valence-electron chi connectivity index (χ3n) is 4.97. The van der Waals surface area contributed by atoms with Gasteiger partial charge in [0.2, 0.25) is 0 Å². The number of nitrogens with zero attached hydrogens (tertiary/aromatic N) is 2. The third kappa shape index (κ3) is 7.66. The average molecular weight is 504 g/mol. The second kappa shape index (κ2) is 13.1. The predicted molar refractivity (Wildman–Crippen MR) is 127 cm³/mol. The highest BCUT2D eigenvalue weighted by Gasteiger charge is 2.21. The number of hydrogen-bond donors (Lipinski definition) is 2. The lowest BCUT2D eigenvalue weighted by molar-refractivity contribution is 0.167. The van der Waals surface area contributed by atoms with E-state index in [1.54, 1.807) is 7.11 Å². The van der Waals surface area contributed by atoms with E-state index in [-0.39, 0.29) is 24.0 Å². The Labute approximate surface area is 187 Å². The van der Waals surface area contributed by atoms with Gasteiger partial charge in [0.15, 0.2) is 17.5 Å². The van der Waals surface area contributed by atoms with Crippen molar-refractivity contribution in [3.05, 3.63) is 23.8 Å². The van der Waals surface area contributed by atoms with Crippen molar-refractivity contribution in [2.75, 3.05) is 33.9 Å². The fourth-order valence-corrected chi connectivity index (χ4v) is 3.29. The molecule has 1 aromatic carbocycles. The fourth-order valence-electron chi connectivity index (χ4n) is 3.29. The second-order valence-corrected chi connectivity index (χ2v) is 7.31. The van der Waals surface area contributed by atoms with Crippen LogP contribution in [0.15, 0.2) is 23.2 Å². The van der Waals surface area contributed by atoms with Gasteiger partial charge in [-0.15, -0.1) is 24.0 Å². The molecule has 0 radical (unpaired) electrons. The summed E-state index contributed by atoms with van der Waals surface area (Å²) in [6, 6.07) is 7.16. The molecule has 1 aliphatic heterocycles. The van der Waals surface area contributed by atoms with Gasteiger partial charge in [0.05, 0.1) is 13.7 Å². The average Bonchev–Trinajstić information content (AvgIpc) is 2.70. The van der Waals surface area contributed by atoms with Crippen LogP contribution < -0.4 is 20.1 Å². The summed E-state index contributed by atoms with van der Waals surface area (Å²) < 4.78 is 11.2. The maximum atomic E-state index is 5.72. The summed E-state index contributed by atoms with van der Waals surface area (Å²) in [7, 11) is 3.50. The van der Waals surface area contributed by atoms with E-state index in [0.717, 1.165) is 55.4 Å². The van der Waals surface area contributed by atoms with Crippen LogP contribution in [0.5, 0.6) is 11.5 Å². The number of ether oxygens (including phenoxy) is 2. The molecule has 1 fully saturated rings. The zero-order chi connectivity index (χ0) is 19.6. The highest BCUT2D eigenvalue weighted by atomic mass is 127. The lowest BCUT2D eigenvalue weighted by Crippen LogP contribution is -2.49. The molecule has 0 atom stereocenters. The van der Waals surface area contributed by atoms with Crippen LogP contribution >= 0.6 is 24.0 Å². The summed E-state index contributed by atoms with van der Waals surface area (Å²) in [6.07, 6.45) is 3.27. The van der Waals surface area contributed by atoms with Crippen molar-refractivity contribution in [1.29, 1.82) is 0 Å². The van der Waals surface area contributed by atoms with E-state index in [0.29, 0.717) is 25.2 Å². The molecule has 0 saturated carbocycles. The normalized spacial score (nSPS) is 15.9. The topological polar surface area (TPSA) is 58.1 Å². The first-order chi connectivity index (χ1) is 13.1. The first kappa shape index (κ1) is 24.8. The summed E-state index contributed by atoms with van der Waals surface area (Å²) in [5.41, 5.74) is 1.13. The molecule has 28 heavy (non-hydrogen) atoms. The Morgan fingerprint density at radius 2 is 1.96 bits per heavy atom. The molecule has 7 heteroatoms. The number of likely N-dealkylation sites (tertiary alicyclic amines) is 1. The third-order valence-corrected chi connectivity index (χ3v) is 4.97. The van der Waals surface area contributed by atoms with Crippen molar-refractivity contribution in [2.45, 2.75) is 58.7 Å². The van der Waals surface area contributed by atoms with Crippen molar-refractivity contribution in [3.63, 3.8) is 0 Å². The zero-order valence-corrected chi connectivity index (χ0v) is 20.3. The molecular formula is C21H37IN4O2. The second-order valence-electron chi connectivity index (χ2n) is 7.31. The molecule has 160 valence electrons. The molecule has 1 aromatic rings. The van der Waals surface area contributed by atoms with Crippen molar-refractivity contribution in [2.24, 2.45) is 4.99 Å². The number of halogens is 1. The predicted octanol–water partition coefficient (Wildman–Crippen LogP) is 3.64. The smallest absolute Gasteiger partial charge is 0.191 e. The molecule has 2 N–H and O–H groups in total.